The average molecular weight is 404 g/mol. The van der Waals surface area contributed by atoms with Gasteiger partial charge in [0.05, 0.1) is 11.3 Å². The van der Waals surface area contributed by atoms with Crippen molar-refractivity contribution >= 4 is 11.6 Å². The van der Waals surface area contributed by atoms with Crippen LogP contribution in [0, 0.1) is 5.82 Å². The number of fused-ring (bicyclic) bond motifs is 1. The Morgan fingerprint density at radius 3 is 2.66 bits per heavy atom. The topological polar surface area (TPSA) is 51.0 Å². The minimum absolute atomic E-state index is 0.0196. The van der Waals surface area contributed by atoms with Crippen LogP contribution in [0.5, 0.6) is 0 Å². The molecule has 3 aromatic rings. The molecule has 0 N–H and O–H groups in total. The molecule has 1 aliphatic rings. The van der Waals surface area contributed by atoms with Gasteiger partial charge in [-0.3, -0.25) is 9.36 Å². The SMILES string of the molecule is O=c1cccc2n1CCCN2c1cc(Cc2cc(F)cc(C(F)(F)F)c2)ncn1. The molecule has 1 aliphatic heterocycles. The Bertz CT molecular complexity index is 1110. The van der Waals surface area contributed by atoms with Crippen LogP contribution in [-0.2, 0) is 19.1 Å². The van der Waals surface area contributed by atoms with Gasteiger partial charge in [-0.15, -0.1) is 0 Å². The van der Waals surface area contributed by atoms with Gasteiger partial charge in [0, 0.05) is 31.6 Å². The standard InChI is InChI=1S/C20H16F4N4O/c21-15-8-13(7-14(10-15)20(22,23)24)9-16-11-17(26-12-25-16)27-5-2-6-28-18(27)3-1-4-19(28)29/h1,3-4,7-8,10-12H,2,5-6,9H2. The summed E-state index contributed by atoms with van der Waals surface area (Å²) in [6, 6.07) is 9.06. The second-order valence-corrected chi connectivity index (χ2v) is 6.77. The summed E-state index contributed by atoms with van der Waals surface area (Å²) in [5.74, 6) is 0.272. The molecule has 0 spiro atoms. The van der Waals surface area contributed by atoms with Crippen LogP contribution in [-0.4, -0.2) is 21.1 Å². The largest absolute Gasteiger partial charge is 0.416 e. The summed E-state index contributed by atoms with van der Waals surface area (Å²) in [4.78, 5) is 22.3. The molecule has 29 heavy (non-hydrogen) atoms. The van der Waals surface area contributed by atoms with Gasteiger partial charge in [0.15, 0.2) is 0 Å². The lowest BCUT2D eigenvalue weighted by Gasteiger charge is -2.31. The lowest BCUT2D eigenvalue weighted by atomic mass is 10.1. The van der Waals surface area contributed by atoms with Crippen LogP contribution >= 0.6 is 0 Å². The Morgan fingerprint density at radius 1 is 1.03 bits per heavy atom. The molecule has 0 amide bonds. The molecular formula is C20H16F4N4O. The van der Waals surface area contributed by atoms with Crippen molar-refractivity contribution in [3.63, 3.8) is 0 Å². The monoisotopic (exact) mass is 404 g/mol. The zero-order chi connectivity index (χ0) is 20.6. The first-order chi connectivity index (χ1) is 13.8. The first-order valence-corrected chi connectivity index (χ1v) is 8.96. The molecule has 1 aromatic carbocycles. The summed E-state index contributed by atoms with van der Waals surface area (Å²) in [5, 5.41) is 0. The van der Waals surface area contributed by atoms with E-state index >= 15 is 0 Å². The molecule has 0 unspecified atom stereocenters. The molecule has 3 heterocycles. The van der Waals surface area contributed by atoms with Crippen LogP contribution < -0.4 is 10.5 Å². The van der Waals surface area contributed by atoms with Crippen molar-refractivity contribution in [3.05, 3.63) is 81.8 Å². The van der Waals surface area contributed by atoms with E-state index in [1.165, 1.54) is 12.4 Å². The van der Waals surface area contributed by atoms with Gasteiger partial charge in [-0.05, 0) is 36.2 Å². The highest BCUT2D eigenvalue weighted by Gasteiger charge is 2.31. The predicted octanol–water partition coefficient (Wildman–Crippen LogP) is 3.93. The number of pyridine rings is 1. The van der Waals surface area contributed by atoms with E-state index in [9.17, 15) is 22.4 Å². The van der Waals surface area contributed by atoms with Crippen LogP contribution in [0.25, 0.3) is 0 Å². The highest BCUT2D eigenvalue weighted by molar-refractivity contribution is 5.57. The van der Waals surface area contributed by atoms with E-state index in [0.717, 1.165) is 18.6 Å². The third-order valence-electron chi connectivity index (χ3n) is 4.72. The lowest BCUT2D eigenvalue weighted by Crippen LogP contribution is -2.34. The number of rotatable bonds is 3. The second-order valence-electron chi connectivity index (χ2n) is 6.77. The Balaban J connectivity index is 1.66. The van der Waals surface area contributed by atoms with Gasteiger partial charge in [0.1, 0.15) is 23.8 Å². The molecule has 150 valence electrons. The summed E-state index contributed by atoms with van der Waals surface area (Å²) < 4.78 is 54.1. The first kappa shape index (κ1) is 19.1. The number of anilines is 2. The molecule has 5 nitrogen and oxygen atoms in total. The number of halogens is 4. The van der Waals surface area contributed by atoms with E-state index < -0.39 is 17.6 Å². The van der Waals surface area contributed by atoms with Gasteiger partial charge in [-0.25, -0.2) is 14.4 Å². The minimum Gasteiger partial charge on any atom is -0.312 e. The van der Waals surface area contributed by atoms with E-state index in [0.29, 0.717) is 36.5 Å². The number of alkyl halides is 3. The molecular weight excluding hydrogens is 388 g/mol. The van der Waals surface area contributed by atoms with Crippen LogP contribution in [0.2, 0.25) is 0 Å². The highest BCUT2D eigenvalue weighted by Crippen LogP contribution is 2.31. The summed E-state index contributed by atoms with van der Waals surface area (Å²) in [5.41, 5.74) is -0.534. The van der Waals surface area contributed by atoms with Gasteiger partial charge in [0.2, 0.25) is 0 Å². The fourth-order valence-electron chi connectivity index (χ4n) is 3.46. The van der Waals surface area contributed by atoms with Crippen molar-refractivity contribution < 1.29 is 17.6 Å². The van der Waals surface area contributed by atoms with Crippen LogP contribution in [0.3, 0.4) is 0 Å². The van der Waals surface area contributed by atoms with Crippen molar-refractivity contribution in [1.29, 1.82) is 0 Å². The normalized spacial score (nSPS) is 14.0. The van der Waals surface area contributed by atoms with Gasteiger partial charge in [-0.2, -0.15) is 13.2 Å². The smallest absolute Gasteiger partial charge is 0.312 e. The quantitative estimate of drug-likeness (QED) is 0.621. The third kappa shape index (κ3) is 3.98. The van der Waals surface area contributed by atoms with Crippen molar-refractivity contribution in [2.45, 2.75) is 25.6 Å². The molecule has 0 fully saturated rings. The number of benzene rings is 1. The second kappa shape index (κ2) is 7.31. The summed E-state index contributed by atoms with van der Waals surface area (Å²) >= 11 is 0. The van der Waals surface area contributed by atoms with Crippen LogP contribution in [0.1, 0.15) is 23.2 Å². The third-order valence-corrected chi connectivity index (χ3v) is 4.72. The number of hydrogen-bond acceptors (Lipinski definition) is 4. The maximum atomic E-state index is 13.7. The van der Waals surface area contributed by atoms with E-state index in [1.807, 2.05) is 11.0 Å². The summed E-state index contributed by atoms with van der Waals surface area (Å²) in [6.45, 7) is 1.24. The van der Waals surface area contributed by atoms with Crippen molar-refractivity contribution in [2.75, 3.05) is 11.4 Å². The zero-order valence-electron chi connectivity index (χ0n) is 15.2. The highest BCUT2D eigenvalue weighted by atomic mass is 19.4. The number of nitrogens with zero attached hydrogens (tertiary/aromatic N) is 4. The predicted molar refractivity (Wildman–Crippen MR) is 98.6 cm³/mol. The summed E-state index contributed by atoms with van der Waals surface area (Å²) in [7, 11) is 0. The summed E-state index contributed by atoms with van der Waals surface area (Å²) in [6.07, 6.45) is -2.55. The molecule has 4 rings (SSSR count). The fourth-order valence-corrected chi connectivity index (χ4v) is 3.46. The Morgan fingerprint density at radius 2 is 1.86 bits per heavy atom. The lowest BCUT2D eigenvalue weighted by molar-refractivity contribution is -0.137. The maximum absolute atomic E-state index is 13.7. The Hall–Kier alpha value is -3.23. The van der Waals surface area contributed by atoms with Gasteiger partial charge in [-0.1, -0.05) is 6.07 Å². The van der Waals surface area contributed by atoms with Gasteiger partial charge in [0.25, 0.3) is 5.56 Å². The van der Waals surface area contributed by atoms with E-state index in [2.05, 4.69) is 9.97 Å². The first-order valence-electron chi connectivity index (χ1n) is 8.96. The van der Waals surface area contributed by atoms with E-state index in [1.54, 1.807) is 16.7 Å². The Labute approximate surface area is 163 Å². The Kier molecular flexibility index (Phi) is 4.81. The van der Waals surface area contributed by atoms with Crippen LogP contribution in [0.4, 0.5) is 29.2 Å². The average Bonchev–Trinajstić information content (AvgIpc) is 2.67. The van der Waals surface area contributed by atoms with Gasteiger partial charge < -0.3 is 4.90 Å². The molecule has 0 radical (unpaired) electrons. The molecule has 9 heteroatoms. The number of aromatic nitrogens is 3. The van der Waals surface area contributed by atoms with E-state index in [4.69, 9.17) is 0 Å². The van der Waals surface area contributed by atoms with Crippen molar-refractivity contribution in [3.8, 4) is 0 Å². The molecule has 0 aliphatic carbocycles. The zero-order valence-corrected chi connectivity index (χ0v) is 15.2. The van der Waals surface area contributed by atoms with E-state index in [-0.39, 0.29) is 17.5 Å². The van der Waals surface area contributed by atoms with Gasteiger partial charge >= 0.3 is 6.18 Å². The maximum Gasteiger partial charge on any atom is 0.416 e. The molecule has 0 atom stereocenters. The molecule has 2 aromatic heterocycles. The van der Waals surface area contributed by atoms with Crippen molar-refractivity contribution in [1.82, 2.24) is 14.5 Å². The number of hydrogen-bond donors (Lipinski definition) is 0. The fraction of sp³-hybridized carbons (Fsp3) is 0.250. The van der Waals surface area contributed by atoms with Crippen molar-refractivity contribution in [2.24, 2.45) is 0 Å². The molecule has 0 bridgehead atoms. The molecule has 0 saturated heterocycles. The minimum atomic E-state index is -4.63. The van der Waals surface area contributed by atoms with Crippen LogP contribution in [0.15, 0.2) is 53.6 Å². The molecule has 0 saturated carbocycles.